The number of amides is 1. The van der Waals surface area contributed by atoms with E-state index in [4.69, 9.17) is 14.2 Å². The van der Waals surface area contributed by atoms with Crippen molar-refractivity contribution in [3.05, 3.63) is 47.5 Å². The first-order chi connectivity index (χ1) is 13.4. The molecule has 2 N–H and O–H groups in total. The third kappa shape index (κ3) is 4.93. The second kappa shape index (κ2) is 9.43. The van der Waals surface area contributed by atoms with Crippen LogP contribution in [-0.4, -0.2) is 42.2 Å². The van der Waals surface area contributed by atoms with Crippen LogP contribution in [0.1, 0.15) is 22.8 Å². The maximum absolute atomic E-state index is 12.4. The summed E-state index contributed by atoms with van der Waals surface area (Å²) < 4.78 is 42.2. The van der Waals surface area contributed by atoms with Gasteiger partial charge in [0.05, 0.1) is 26.2 Å². The number of sulfonamides is 1. The molecule has 0 atom stereocenters. The van der Waals surface area contributed by atoms with Crippen molar-refractivity contribution in [3.8, 4) is 17.2 Å². The van der Waals surface area contributed by atoms with E-state index in [0.717, 1.165) is 0 Å². The molecule has 0 unspecified atom stereocenters. The van der Waals surface area contributed by atoms with E-state index in [9.17, 15) is 13.2 Å². The number of hydrogen-bond donors (Lipinski definition) is 2. The van der Waals surface area contributed by atoms with Gasteiger partial charge in [-0.15, -0.1) is 0 Å². The topological polar surface area (TPSA) is 103 Å². The Hall–Kier alpha value is -2.78. The van der Waals surface area contributed by atoms with E-state index in [0.29, 0.717) is 28.4 Å². The Morgan fingerprint density at radius 3 is 2.04 bits per heavy atom. The molecule has 28 heavy (non-hydrogen) atoms. The molecule has 0 aromatic heterocycles. The quantitative estimate of drug-likeness (QED) is 0.657. The Morgan fingerprint density at radius 1 is 0.929 bits per heavy atom. The summed E-state index contributed by atoms with van der Waals surface area (Å²) in [6.45, 7) is 2.18. The number of rotatable bonds is 9. The van der Waals surface area contributed by atoms with Gasteiger partial charge in [0.2, 0.25) is 10.0 Å². The minimum Gasteiger partial charge on any atom is -0.496 e. The zero-order chi connectivity index (χ0) is 20.7. The highest BCUT2D eigenvalue weighted by molar-refractivity contribution is 7.89. The smallest absolute Gasteiger partial charge is 0.251 e. The molecular formula is C19H24N2O6S. The largest absolute Gasteiger partial charge is 0.496 e. The molecule has 0 heterocycles. The van der Waals surface area contributed by atoms with E-state index in [1.807, 2.05) is 0 Å². The number of nitrogens with one attached hydrogen (secondary N) is 2. The van der Waals surface area contributed by atoms with E-state index < -0.39 is 10.0 Å². The van der Waals surface area contributed by atoms with Crippen LogP contribution in [0.15, 0.2) is 41.3 Å². The van der Waals surface area contributed by atoms with Crippen molar-refractivity contribution in [1.29, 1.82) is 0 Å². The minimum atomic E-state index is -3.56. The van der Waals surface area contributed by atoms with Gasteiger partial charge in [-0.05, 0) is 30.3 Å². The van der Waals surface area contributed by atoms with Crippen molar-refractivity contribution in [2.75, 3.05) is 27.9 Å². The summed E-state index contributed by atoms with van der Waals surface area (Å²) in [6, 6.07) is 9.12. The van der Waals surface area contributed by atoms with Gasteiger partial charge in [0.25, 0.3) is 5.91 Å². The summed E-state index contributed by atoms with van der Waals surface area (Å²) in [4.78, 5) is 12.5. The summed E-state index contributed by atoms with van der Waals surface area (Å²) in [5, 5.41) is 2.78. The maximum atomic E-state index is 12.4. The fraction of sp³-hybridized carbons (Fsp3) is 0.316. The zero-order valence-electron chi connectivity index (χ0n) is 16.2. The molecule has 0 aliphatic heterocycles. The van der Waals surface area contributed by atoms with Crippen molar-refractivity contribution in [2.24, 2.45) is 0 Å². The van der Waals surface area contributed by atoms with Crippen molar-refractivity contribution >= 4 is 15.9 Å². The van der Waals surface area contributed by atoms with Crippen LogP contribution >= 0.6 is 0 Å². The Bertz CT molecular complexity index is 926. The lowest BCUT2D eigenvalue weighted by molar-refractivity contribution is 0.0950. The molecule has 0 saturated heterocycles. The molecule has 0 aliphatic carbocycles. The monoisotopic (exact) mass is 408 g/mol. The Morgan fingerprint density at radius 2 is 1.50 bits per heavy atom. The lowest BCUT2D eigenvalue weighted by Gasteiger charge is -2.14. The normalized spacial score (nSPS) is 11.0. The first kappa shape index (κ1) is 21.5. The molecule has 0 radical (unpaired) electrons. The predicted octanol–water partition coefficient (Wildman–Crippen LogP) is 1.94. The highest BCUT2D eigenvalue weighted by Crippen LogP contribution is 2.34. The van der Waals surface area contributed by atoms with Crippen LogP contribution in [-0.2, 0) is 16.6 Å². The number of ether oxygens (including phenoxy) is 3. The van der Waals surface area contributed by atoms with Gasteiger partial charge in [-0.25, -0.2) is 13.1 Å². The SMILES string of the molecule is CCNS(=O)(=O)c1ccc(C(=O)NCc2cc(OC)c(OC)cc2OC)cc1. The number of hydrogen-bond acceptors (Lipinski definition) is 6. The van der Waals surface area contributed by atoms with Gasteiger partial charge in [0.1, 0.15) is 5.75 Å². The average Bonchev–Trinajstić information content (AvgIpc) is 2.71. The second-order valence-corrected chi connectivity index (χ2v) is 7.49. The van der Waals surface area contributed by atoms with E-state index in [1.165, 1.54) is 45.6 Å². The number of carbonyl (C=O) groups is 1. The highest BCUT2D eigenvalue weighted by atomic mass is 32.2. The summed E-state index contributed by atoms with van der Waals surface area (Å²) in [5.41, 5.74) is 1.05. The van der Waals surface area contributed by atoms with E-state index in [1.54, 1.807) is 19.1 Å². The Balaban J connectivity index is 2.14. The molecule has 8 nitrogen and oxygen atoms in total. The summed E-state index contributed by atoms with van der Waals surface area (Å²) in [5.74, 6) is 1.24. The van der Waals surface area contributed by atoms with Crippen molar-refractivity contribution in [1.82, 2.24) is 10.0 Å². The molecule has 1 amide bonds. The van der Waals surface area contributed by atoms with Gasteiger partial charge in [-0.1, -0.05) is 6.92 Å². The van der Waals surface area contributed by atoms with Crippen LogP contribution in [0, 0.1) is 0 Å². The molecular weight excluding hydrogens is 384 g/mol. The average molecular weight is 408 g/mol. The lowest BCUT2D eigenvalue weighted by Crippen LogP contribution is -2.24. The van der Waals surface area contributed by atoms with Crippen LogP contribution in [0.4, 0.5) is 0 Å². The molecule has 2 rings (SSSR count). The fourth-order valence-corrected chi connectivity index (χ4v) is 3.61. The predicted molar refractivity (Wildman–Crippen MR) is 105 cm³/mol. The van der Waals surface area contributed by atoms with E-state index >= 15 is 0 Å². The lowest BCUT2D eigenvalue weighted by atomic mass is 10.1. The van der Waals surface area contributed by atoms with Crippen LogP contribution in [0.3, 0.4) is 0 Å². The molecule has 2 aromatic carbocycles. The van der Waals surface area contributed by atoms with Crippen molar-refractivity contribution in [2.45, 2.75) is 18.4 Å². The van der Waals surface area contributed by atoms with Gasteiger partial charge >= 0.3 is 0 Å². The van der Waals surface area contributed by atoms with E-state index in [2.05, 4.69) is 10.0 Å². The molecule has 9 heteroatoms. The van der Waals surface area contributed by atoms with Crippen LogP contribution < -0.4 is 24.2 Å². The van der Waals surface area contributed by atoms with Gasteiger partial charge < -0.3 is 19.5 Å². The molecule has 0 fully saturated rings. The molecule has 2 aromatic rings. The summed E-state index contributed by atoms with van der Waals surface area (Å²) >= 11 is 0. The van der Waals surface area contributed by atoms with Gasteiger partial charge in [0, 0.05) is 30.3 Å². The second-order valence-electron chi connectivity index (χ2n) is 5.73. The van der Waals surface area contributed by atoms with E-state index in [-0.39, 0.29) is 23.9 Å². The first-order valence-electron chi connectivity index (χ1n) is 8.53. The molecule has 0 bridgehead atoms. The maximum Gasteiger partial charge on any atom is 0.251 e. The molecule has 0 aliphatic rings. The minimum absolute atomic E-state index is 0.104. The third-order valence-electron chi connectivity index (χ3n) is 3.99. The van der Waals surface area contributed by atoms with Gasteiger partial charge in [-0.2, -0.15) is 0 Å². The first-order valence-corrected chi connectivity index (χ1v) is 10.0. The van der Waals surface area contributed by atoms with Gasteiger partial charge in [-0.3, -0.25) is 4.79 Å². The number of methoxy groups -OCH3 is 3. The Labute approximate surface area is 164 Å². The summed E-state index contributed by atoms with van der Waals surface area (Å²) in [6.07, 6.45) is 0. The van der Waals surface area contributed by atoms with Crippen molar-refractivity contribution in [3.63, 3.8) is 0 Å². The molecule has 0 spiro atoms. The third-order valence-corrected chi connectivity index (χ3v) is 5.55. The highest BCUT2D eigenvalue weighted by Gasteiger charge is 2.15. The zero-order valence-corrected chi connectivity index (χ0v) is 17.1. The fourth-order valence-electron chi connectivity index (χ4n) is 2.57. The van der Waals surface area contributed by atoms with Crippen LogP contribution in [0.25, 0.3) is 0 Å². The number of carbonyl (C=O) groups excluding carboxylic acids is 1. The van der Waals surface area contributed by atoms with Crippen LogP contribution in [0.5, 0.6) is 17.2 Å². The van der Waals surface area contributed by atoms with Crippen LogP contribution in [0.2, 0.25) is 0 Å². The van der Waals surface area contributed by atoms with Gasteiger partial charge in [0.15, 0.2) is 11.5 Å². The molecule has 152 valence electrons. The molecule has 0 saturated carbocycles. The summed E-state index contributed by atoms with van der Waals surface area (Å²) in [7, 11) is 1.02. The van der Waals surface area contributed by atoms with Crippen molar-refractivity contribution < 1.29 is 27.4 Å². The number of benzene rings is 2. The standard InChI is InChI=1S/C19H24N2O6S/c1-5-21-28(23,24)15-8-6-13(7-9-15)19(22)20-12-14-10-17(26-3)18(27-4)11-16(14)25-2/h6-11,21H,5,12H2,1-4H3,(H,20,22). The Kier molecular flexibility index (Phi) is 7.24.